The van der Waals surface area contributed by atoms with Crippen LogP contribution in [0.2, 0.25) is 0 Å². The molecule has 1 heterocycles. The number of hydrogen-bond acceptors (Lipinski definition) is 5. The number of carbonyl (C=O) groups is 3. The summed E-state index contributed by atoms with van der Waals surface area (Å²) >= 11 is 0. The van der Waals surface area contributed by atoms with Gasteiger partial charge in [-0.1, -0.05) is 48.5 Å². The Kier molecular flexibility index (Phi) is 5.93. The van der Waals surface area contributed by atoms with Gasteiger partial charge in [0.05, 0.1) is 11.1 Å². The Morgan fingerprint density at radius 3 is 2.45 bits per heavy atom. The average Bonchev–Trinajstić information content (AvgIpc) is 2.81. The van der Waals surface area contributed by atoms with Crippen LogP contribution in [0.3, 0.4) is 0 Å². The van der Waals surface area contributed by atoms with Crippen LogP contribution in [-0.2, 0) is 22.4 Å². The molecule has 0 unspecified atom stereocenters. The van der Waals surface area contributed by atoms with Gasteiger partial charge < -0.3 is 10.1 Å². The highest BCUT2D eigenvalue weighted by molar-refractivity contribution is 6.06. The SMILES string of the molecule is CNC(=O)NC(=O)[C@H](OC(=O)c1c2c(nc3ccccc13)CCCC2)c1ccccc1. The first kappa shape index (κ1) is 20.5. The van der Waals surface area contributed by atoms with Gasteiger partial charge in [0.2, 0.25) is 6.10 Å². The van der Waals surface area contributed by atoms with Gasteiger partial charge in [0.25, 0.3) is 5.91 Å². The van der Waals surface area contributed by atoms with Crippen LogP contribution < -0.4 is 10.6 Å². The zero-order valence-corrected chi connectivity index (χ0v) is 17.2. The number of rotatable bonds is 4. The van der Waals surface area contributed by atoms with Crippen LogP contribution in [-0.4, -0.2) is 29.9 Å². The molecule has 0 fully saturated rings. The third-order valence-corrected chi connectivity index (χ3v) is 5.40. The summed E-state index contributed by atoms with van der Waals surface area (Å²) in [5.41, 5.74) is 3.44. The molecular weight excluding hydrogens is 394 g/mol. The number of nitrogens with one attached hydrogen (secondary N) is 2. The summed E-state index contributed by atoms with van der Waals surface area (Å²) in [7, 11) is 1.40. The number of urea groups is 1. The minimum atomic E-state index is -1.27. The predicted octanol–water partition coefficient (Wildman–Crippen LogP) is 3.47. The Morgan fingerprint density at radius 2 is 1.68 bits per heavy atom. The highest BCUT2D eigenvalue weighted by Crippen LogP contribution is 2.31. The van der Waals surface area contributed by atoms with Crippen molar-refractivity contribution >= 4 is 28.8 Å². The van der Waals surface area contributed by atoms with Gasteiger partial charge in [0, 0.05) is 23.7 Å². The summed E-state index contributed by atoms with van der Waals surface area (Å²) in [5, 5.41) is 5.24. The maximum Gasteiger partial charge on any atom is 0.340 e. The van der Waals surface area contributed by atoms with Gasteiger partial charge in [0.1, 0.15) is 0 Å². The van der Waals surface area contributed by atoms with E-state index >= 15 is 0 Å². The fourth-order valence-electron chi connectivity index (χ4n) is 3.91. The van der Waals surface area contributed by atoms with E-state index in [9.17, 15) is 14.4 Å². The molecule has 0 saturated carbocycles. The summed E-state index contributed by atoms with van der Waals surface area (Å²) in [5.74, 6) is -1.32. The summed E-state index contributed by atoms with van der Waals surface area (Å²) < 4.78 is 5.75. The van der Waals surface area contributed by atoms with E-state index in [1.165, 1.54) is 7.05 Å². The van der Waals surface area contributed by atoms with E-state index in [1.807, 2.05) is 24.3 Å². The zero-order valence-electron chi connectivity index (χ0n) is 17.2. The van der Waals surface area contributed by atoms with Crippen molar-refractivity contribution in [3.63, 3.8) is 0 Å². The Morgan fingerprint density at radius 1 is 0.968 bits per heavy atom. The molecule has 4 rings (SSSR count). The molecule has 0 spiro atoms. The highest BCUT2D eigenvalue weighted by Gasteiger charge is 2.30. The fraction of sp³-hybridized carbons (Fsp3) is 0.250. The Balaban J connectivity index is 1.75. The third kappa shape index (κ3) is 4.26. The topological polar surface area (TPSA) is 97.4 Å². The lowest BCUT2D eigenvalue weighted by Gasteiger charge is -2.22. The van der Waals surface area contributed by atoms with Crippen molar-refractivity contribution in [1.82, 2.24) is 15.6 Å². The van der Waals surface area contributed by atoms with Gasteiger partial charge >= 0.3 is 12.0 Å². The first-order valence-corrected chi connectivity index (χ1v) is 10.3. The number of pyridine rings is 1. The number of carbonyl (C=O) groups excluding carboxylic acids is 3. The number of aromatic nitrogens is 1. The van der Waals surface area contributed by atoms with Gasteiger partial charge in [-0.2, -0.15) is 0 Å². The number of fused-ring (bicyclic) bond motifs is 2. The zero-order chi connectivity index (χ0) is 21.8. The van der Waals surface area contributed by atoms with Gasteiger partial charge in [-0.25, -0.2) is 9.59 Å². The lowest BCUT2D eigenvalue weighted by molar-refractivity contribution is -0.129. The highest BCUT2D eigenvalue weighted by atomic mass is 16.5. The summed E-state index contributed by atoms with van der Waals surface area (Å²) in [6.45, 7) is 0. The minimum Gasteiger partial charge on any atom is -0.444 e. The van der Waals surface area contributed by atoms with Crippen molar-refractivity contribution < 1.29 is 19.1 Å². The van der Waals surface area contributed by atoms with Crippen molar-refractivity contribution in [1.29, 1.82) is 0 Å². The monoisotopic (exact) mass is 417 g/mol. The second kappa shape index (κ2) is 8.95. The van der Waals surface area contributed by atoms with Crippen molar-refractivity contribution in [3.05, 3.63) is 77.0 Å². The second-order valence-corrected chi connectivity index (χ2v) is 7.40. The normalized spacial score (nSPS) is 13.7. The molecule has 0 saturated heterocycles. The third-order valence-electron chi connectivity index (χ3n) is 5.40. The molecule has 1 aliphatic rings. The van der Waals surface area contributed by atoms with Crippen LogP contribution in [0.4, 0.5) is 4.79 Å². The van der Waals surface area contributed by atoms with Crippen molar-refractivity contribution in [2.45, 2.75) is 31.8 Å². The lowest BCUT2D eigenvalue weighted by Crippen LogP contribution is -2.41. The van der Waals surface area contributed by atoms with Gasteiger partial charge in [-0.3, -0.25) is 15.1 Å². The number of hydrogen-bond donors (Lipinski definition) is 2. The standard InChI is InChI=1S/C24H23N3O4/c1-25-24(30)27-22(28)21(15-9-3-2-4-10-15)31-23(29)20-16-11-5-7-13-18(16)26-19-14-8-6-12-17(19)20/h2-5,7,9-11,13,21H,6,8,12,14H2,1H3,(H2,25,27,28,30)/t21-/m1/s1. The largest absolute Gasteiger partial charge is 0.444 e. The number of ether oxygens (including phenoxy) is 1. The quantitative estimate of drug-likeness (QED) is 0.634. The van der Waals surface area contributed by atoms with Crippen molar-refractivity contribution in [3.8, 4) is 0 Å². The van der Waals surface area contributed by atoms with Crippen LogP contribution in [0.1, 0.15) is 46.1 Å². The molecule has 31 heavy (non-hydrogen) atoms. The van der Waals surface area contributed by atoms with E-state index in [1.54, 1.807) is 30.3 Å². The number of benzene rings is 2. The van der Waals surface area contributed by atoms with E-state index in [2.05, 4.69) is 10.6 Å². The molecule has 3 aromatic rings. The molecule has 2 aromatic carbocycles. The van der Waals surface area contributed by atoms with Crippen LogP contribution in [0.5, 0.6) is 0 Å². The molecule has 0 bridgehead atoms. The lowest BCUT2D eigenvalue weighted by atomic mass is 9.90. The number of aryl methyl sites for hydroxylation is 1. The molecule has 3 amide bonds. The average molecular weight is 417 g/mol. The molecule has 1 aromatic heterocycles. The molecular formula is C24H23N3O4. The first-order chi connectivity index (χ1) is 15.1. The minimum absolute atomic E-state index is 0.453. The summed E-state index contributed by atoms with van der Waals surface area (Å²) in [4.78, 5) is 42.6. The maximum absolute atomic E-state index is 13.4. The summed E-state index contributed by atoms with van der Waals surface area (Å²) in [6, 6.07) is 15.4. The predicted molar refractivity (Wildman–Crippen MR) is 116 cm³/mol. The Bertz CT molecular complexity index is 1140. The van der Waals surface area contributed by atoms with Crippen LogP contribution in [0.25, 0.3) is 10.9 Å². The molecule has 0 aliphatic heterocycles. The Labute approximate surface area is 179 Å². The van der Waals surface area contributed by atoms with E-state index in [4.69, 9.17) is 9.72 Å². The molecule has 2 N–H and O–H groups in total. The number of amides is 3. The first-order valence-electron chi connectivity index (χ1n) is 10.3. The van der Waals surface area contributed by atoms with Crippen LogP contribution in [0.15, 0.2) is 54.6 Å². The van der Waals surface area contributed by atoms with E-state index in [0.29, 0.717) is 16.5 Å². The fourth-order valence-corrected chi connectivity index (χ4v) is 3.91. The van der Waals surface area contributed by atoms with Gasteiger partial charge in [-0.15, -0.1) is 0 Å². The smallest absolute Gasteiger partial charge is 0.340 e. The van der Waals surface area contributed by atoms with Crippen molar-refractivity contribution in [2.24, 2.45) is 0 Å². The van der Waals surface area contributed by atoms with Crippen molar-refractivity contribution in [2.75, 3.05) is 7.05 Å². The number of para-hydroxylation sites is 1. The van der Waals surface area contributed by atoms with Crippen LogP contribution in [0, 0.1) is 0 Å². The summed E-state index contributed by atoms with van der Waals surface area (Å²) in [6.07, 6.45) is 2.26. The Hall–Kier alpha value is -3.74. The van der Waals surface area contributed by atoms with E-state index < -0.39 is 24.0 Å². The van der Waals surface area contributed by atoms with Gasteiger partial charge in [-0.05, 0) is 37.3 Å². The van der Waals surface area contributed by atoms with Crippen LogP contribution >= 0.6 is 0 Å². The second-order valence-electron chi connectivity index (χ2n) is 7.40. The molecule has 1 atom stereocenters. The molecule has 7 nitrogen and oxygen atoms in total. The van der Waals surface area contributed by atoms with E-state index in [0.717, 1.165) is 42.5 Å². The maximum atomic E-state index is 13.4. The molecule has 1 aliphatic carbocycles. The molecule has 0 radical (unpaired) electrons. The molecule has 158 valence electrons. The van der Waals surface area contributed by atoms with E-state index in [-0.39, 0.29) is 0 Å². The number of esters is 1. The molecule has 7 heteroatoms. The number of imide groups is 1. The van der Waals surface area contributed by atoms with Gasteiger partial charge in [0.15, 0.2) is 0 Å². The number of nitrogens with zero attached hydrogens (tertiary/aromatic N) is 1.